The second kappa shape index (κ2) is 8.81. The van der Waals surface area contributed by atoms with Gasteiger partial charge in [0.05, 0.1) is 6.10 Å². The summed E-state index contributed by atoms with van der Waals surface area (Å²) >= 11 is 0. The highest BCUT2D eigenvalue weighted by Gasteiger charge is 2.32. The lowest BCUT2D eigenvalue weighted by Crippen LogP contribution is -2.46. The Morgan fingerprint density at radius 3 is 2.80 bits per heavy atom. The minimum absolute atomic E-state index is 0.0223. The van der Waals surface area contributed by atoms with Gasteiger partial charge in [-0.25, -0.2) is 0 Å². The number of benzene rings is 1. The third-order valence-corrected chi connectivity index (χ3v) is 5.62. The van der Waals surface area contributed by atoms with E-state index in [1.165, 1.54) is 42.4 Å². The summed E-state index contributed by atoms with van der Waals surface area (Å²) in [5.74, 6) is 0.163. The fraction of sp³-hybridized carbons (Fsp3) is 0.667. The van der Waals surface area contributed by atoms with Crippen LogP contribution in [0.2, 0.25) is 0 Å². The normalized spacial score (nSPS) is 26.1. The predicted octanol–water partition coefficient (Wildman–Crippen LogP) is 3.10. The smallest absolute Gasteiger partial charge is 0.223 e. The number of nitrogens with one attached hydrogen (secondary N) is 1. The molecule has 0 saturated heterocycles. The van der Waals surface area contributed by atoms with Crippen LogP contribution in [-0.4, -0.2) is 24.7 Å². The molecule has 0 bridgehead atoms. The third-order valence-electron chi connectivity index (χ3n) is 5.62. The van der Waals surface area contributed by atoms with Gasteiger partial charge in [-0.15, -0.1) is 0 Å². The number of carbonyl (C=O) groups excluding carboxylic acids is 1. The molecule has 1 aromatic rings. The molecule has 0 unspecified atom stereocenters. The van der Waals surface area contributed by atoms with E-state index in [2.05, 4.69) is 30.4 Å². The highest BCUT2D eigenvalue weighted by Crippen LogP contribution is 2.26. The van der Waals surface area contributed by atoms with Crippen molar-refractivity contribution in [3.63, 3.8) is 0 Å². The predicted molar refractivity (Wildman–Crippen MR) is 100 cm³/mol. The van der Waals surface area contributed by atoms with E-state index in [1.54, 1.807) is 0 Å². The Hall–Kier alpha value is -1.39. The molecule has 138 valence electrons. The van der Waals surface area contributed by atoms with Gasteiger partial charge in [0.2, 0.25) is 5.91 Å². The topological polar surface area (TPSA) is 64.3 Å². The Morgan fingerprint density at radius 1 is 1.24 bits per heavy atom. The summed E-state index contributed by atoms with van der Waals surface area (Å²) in [7, 11) is 0. The van der Waals surface area contributed by atoms with Crippen molar-refractivity contribution in [3.8, 4) is 0 Å². The first kappa shape index (κ1) is 18.4. The molecule has 3 atom stereocenters. The number of fused-ring (bicyclic) bond motifs is 1. The van der Waals surface area contributed by atoms with Gasteiger partial charge >= 0.3 is 0 Å². The Kier molecular flexibility index (Phi) is 6.49. The Labute approximate surface area is 151 Å². The van der Waals surface area contributed by atoms with Crippen LogP contribution in [0.15, 0.2) is 18.2 Å². The van der Waals surface area contributed by atoms with E-state index in [0.29, 0.717) is 6.54 Å². The third kappa shape index (κ3) is 4.83. The number of carbonyl (C=O) groups is 1. The second-order valence-corrected chi connectivity index (χ2v) is 7.61. The number of rotatable bonds is 6. The number of ether oxygens (including phenoxy) is 1. The molecule has 4 heteroatoms. The van der Waals surface area contributed by atoms with E-state index in [0.717, 1.165) is 32.3 Å². The molecule has 2 aliphatic carbocycles. The molecule has 0 radical (unpaired) electrons. The first-order valence-electron chi connectivity index (χ1n) is 9.93. The first-order valence-corrected chi connectivity index (χ1v) is 9.93. The molecular weight excluding hydrogens is 312 g/mol. The summed E-state index contributed by atoms with van der Waals surface area (Å²) in [6.45, 7) is 3.48. The molecular formula is C21H32N2O2. The molecule has 1 saturated carbocycles. The van der Waals surface area contributed by atoms with Crippen LogP contribution in [0.4, 0.5) is 0 Å². The minimum atomic E-state index is -0.0280. The molecule has 0 aromatic heterocycles. The van der Waals surface area contributed by atoms with Crippen molar-refractivity contribution < 1.29 is 9.53 Å². The summed E-state index contributed by atoms with van der Waals surface area (Å²) in [5.41, 5.74) is 10.4. The largest absolute Gasteiger partial charge is 0.377 e. The van der Waals surface area contributed by atoms with Gasteiger partial charge in [0.1, 0.15) is 0 Å². The number of hydrogen-bond acceptors (Lipinski definition) is 3. The van der Waals surface area contributed by atoms with Crippen molar-refractivity contribution in [1.29, 1.82) is 0 Å². The van der Waals surface area contributed by atoms with Gasteiger partial charge in [-0.2, -0.15) is 0 Å². The van der Waals surface area contributed by atoms with Crippen LogP contribution in [0, 0.1) is 5.92 Å². The maximum absolute atomic E-state index is 12.5. The van der Waals surface area contributed by atoms with Crippen molar-refractivity contribution in [2.75, 3.05) is 6.61 Å². The van der Waals surface area contributed by atoms with Crippen LogP contribution >= 0.6 is 0 Å². The monoisotopic (exact) mass is 344 g/mol. The van der Waals surface area contributed by atoms with Crippen LogP contribution in [0.1, 0.15) is 62.1 Å². The van der Waals surface area contributed by atoms with Gasteiger partial charge in [-0.1, -0.05) is 25.1 Å². The maximum Gasteiger partial charge on any atom is 0.223 e. The molecule has 25 heavy (non-hydrogen) atoms. The number of amides is 1. The van der Waals surface area contributed by atoms with E-state index >= 15 is 0 Å². The average molecular weight is 344 g/mol. The molecule has 1 aromatic carbocycles. The van der Waals surface area contributed by atoms with E-state index < -0.39 is 0 Å². The zero-order valence-corrected chi connectivity index (χ0v) is 15.4. The lowest BCUT2D eigenvalue weighted by Gasteiger charge is -2.33. The Balaban J connectivity index is 1.48. The molecule has 3 rings (SSSR count). The van der Waals surface area contributed by atoms with E-state index in [9.17, 15) is 4.79 Å². The van der Waals surface area contributed by atoms with E-state index in [-0.39, 0.29) is 24.0 Å². The Morgan fingerprint density at radius 2 is 2.04 bits per heavy atom. The fourth-order valence-electron chi connectivity index (χ4n) is 4.12. The van der Waals surface area contributed by atoms with Crippen molar-refractivity contribution in [2.24, 2.45) is 11.7 Å². The maximum atomic E-state index is 12.5. The van der Waals surface area contributed by atoms with Gasteiger partial charge in [0.15, 0.2) is 0 Å². The highest BCUT2D eigenvalue weighted by atomic mass is 16.5. The summed E-state index contributed by atoms with van der Waals surface area (Å²) < 4.78 is 5.80. The van der Waals surface area contributed by atoms with Crippen LogP contribution in [-0.2, 0) is 28.9 Å². The number of aryl methyl sites for hydroxylation is 2. The van der Waals surface area contributed by atoms with E-state index in [1.807, 2.05) is 0 Å². The van der Waals surface area contributed by atoms with E-state index in [4.69, 9.17) is 10.5 Å². The van der Waals surface area contributed by atoms with Crippen LogP contribution in [0.5, 0.6) is 0 Å². The number of hydrogen-bond donors (Lipinski definition) is 2. The van der Waals surface area contributed by atoms with Gasteiger partial charge in [0.25, 0.3) is 0 Å². The summed E-state index contributed by atoms with van der Waals surface area (Å²) in [6.07, 6.45) is 8.56. The Bertz CT molecular complexity index is 587. The molecule has 0 spiro atoms. The second-order valence-electron chi connectivity index (χ2n) is 7.61. The average Bonchev–Trinajstić information content (AvgIpc) is 2.65. The standard InChI is InChI=1S/C21H32N2O2/c1-2-11-25-20-10-9-18(13-19(20)22)21(24)23-14-15-7-8-16-5-3-4-6-17(16)12-15/h7-8,12,18-20H,2-6,9-11,13-14,22H2,1H3,(H,23,24)/t18-,19+,20+/m0/s1. The quantitative estimate of drug-likeness (QED) is 0.833. The SMILES string of the molecule is CCCO[C@@H]1CC[C@H](C(=O)NCc2ccc3c(c2)CCCC3)C[C@H]1N. The summed E-state index contributed by atoms with van der Waals surface area (Å²) in [6, 6.07) is 6.64. The zero-order chi connectivity index (χ0) is 17.6. The molecule has 1 fully saturated rings. The molecule has 3 N–H and O–H groups in total. The lowest BCUT2D eigenvalue weighted by molar-refractivity contribution is -0.127. The fourth-order valence-corrected chi connectivity index (χ4v) is 4.12. The van der Waals surface area contributed by atoms with Crippen LogP contribution in [0.3, 0.4) is 0 Å². The molecule has 2 aliphatic rings. The van der Waals surface area contributed by atoms with Gasteiger partial charge in [-0.05, 0) is 68.1 Å². The van der Waals surface area contributed by atoms with Crippen molar-refractivity contribution in [3.05, 3.63) is 34.9 Å². The first-order chi connectivity index (χ1) is 12.2. The number of nitrogens with two attached hydrogens (primary N) is 1. The van der Waals surface area contributed by atoms with Crippen LogP contribution < -0.4 is 11.1 Å². The van der Waals surface area contributed by atoms with Gasteiger partial charge in [-0.3, -0.25) is 4.79 Å². The minimum Gasteiger partial charge on any atom is -0.377 e. The highest BCUT2D eigenvalue weighted by molar-refractivity contribution is 5.78. The summed E-state index contributed by atoms with van der Waals surface area (Å²) in [5, 5.41) is 3.12. The van der Waals surface area contributed by atoms with Crippen molar-refractivity contribution in [1.82, 2.24) is 5.32 Å². The summed E-state index contributed by atoms with van der Waals surface area (Å²) in [4.78, 5) is 12.5. The molecule has 0 aliphatic heterocycles. The molecule has 0 heterocycles. The molecule has 1 amide bonds. The van der Waals surface area contributed by atoms with Gasteiger partial charge in [0, 0.05) is 25.1 Å². The zero-order valence-electron chi connectivity index (χ0n) is 15.4. The van der Waals surface area contributed by atoms with Crippen LogP contribution in [0.25, 0.3) is 0 Å². The lowest BCUT2D eigenvalue weighted by atomic mass is 9.83. The molecule has 4 nitrogen and oxygen atoms in total. The van der Waals surface area contributed by atoms with Crippen molar-refractivity contribution in [2.45, 2.75) is 77.0 Å². The van der Waals surface area contributed by atoms with Crippen molar-refractivity contribution >= 4 is 5.91 Å². The van der Waals surface area contributed by atoms with Gasteiger partial charge < -0.3 is 15.8 Å².